The first-order chi connectivity index (χ1) is 11.6. The Labute approximate surface area is 146 Å². The summed E-state index contributed by atoms with van der Waals surface area (Å²) in [5, 5.41) is 3.11. The van der Waals surface area contributed by atoms with E-state index in [4.69, 9.17) is 0 Å². The zero-order valence-corrected chi connectivity index (χ0v) is 14.6. The van der Waals surface area contributed by atoms with Crippen LogP contribution in [0.4, 0.5) is 4.79 Å². The number of carbonyl (C=O) groups is 3. The van der Waals surface area contributed by atoms with Crippen LogP contribution in [0.25, 0.3) is 0 Å². The molecule has 0 aromatic carbocycles. The first-order valence-electron chi connectivity index (χ1n) is 8.89. The molecule has 1 saturated carbocycles. The van der Waals surface area contributed by atoms with Crippen molar-refractivity contribution in [1.29, 1.82) is 0 Å². The lowest BCUT2D eigenvalue weighted by Crippen LogP contribution is -2.70. The van der Waals surface area contributed by atoms with Crippen molar-refractivity contribution in [1.82, 2.24) is 20.0 Å². The lowest BCUT2D eigenvalue weighted by Gasteiger charge is -2.47. The SMILES string of the molecule is O=C(NC1CCCCC1)N1CCN2C(=O)[C@@H]3CSCN3C(=O)[C@H]2C1. The number of piperazine rings is 2. The van der Waals surface area contributed by atoms with Crippen molar-refractivity contribution in [3.63, 3.8) is 0 Å². The van der Waals surface area contributed by atoms with Crippen LogP contribution in [0.2, 0.25) is 0 Å². The average molecular weight is 352 g/mol. The van der Waals surface area contributed by atoms with E-state index in [1.54, 1.807) is 26.5 Å². The van der Waals surface area contributed by atoms with E-state index in [2.05, 4.69) is 5.32 Å². The standard InChI is InChI=1S/C16H24N4O3S/c21-14-12-8-18(16(23)17-11-4-2-1-3-5-11)6-7-19(12)15(22)13-9-24-10-20(13)14/h11-13H,1-10H2,(H,17,23)/t12-,13+/m1/s1. The number of amides is 4. The molecule has 0 aromatic heterocycles. The molecule has 8 heteroatoms. The molecule has 3 saturated heterocycles. The van der Waals surface area contributed by atoms with E-state index in [1.165, 1.54) is 19.3 Å². The van der Waals surface area contributed by atoms with E-state index >= 15 is 0 Å². The number of hydrogen-bond donors (Lipinski definition) is 1. The zero-order chi connectivity index (χ0) is 16.7. The molecule has 0 spiro atoms. The Hall–Kier alpha value is -1.44. The summed E-state index contributed by atoms with van der Waals surface area (Å²) < 4.78 is 0. The van der Waals surface area contributed by atoms with Crippen molar-refractivity contribution in [2.24, 2.45) is 0 Å². The van der Waals surface area contributed by atoms with Crippen LogP contribution in [0.15, 0.2) is 0 Å². The second-order valence-electron chi connectivity index (χ2n) is 7.10. The highest BCUT2D eigenvalue weighted by Gasteiger charge is 2.50. The molecule has 0 radical (unpaired) electrons. The maximum Gasteiger partial charge on any atom is 0.317 e. The quantitative estimate of drug-likeness (QED) is 0.744. The van der Waals surface area contributed by atoms with Crippen molar-refractivity contribution in [2.75, 3.05) is 31.3 Å². The number of carbonyl (C=O) groups excluding carboxylic acids is 3. The van der Waals surface area contributed by atoms with Gasteiger partial charge in [-0.05, 0) is 12.8 Å². The fourth-order valence-electron chi connectivity index (χ4n) is 4.20. The Morgan fingerprint density at radius 2 is 1.75 bits per heavy atom. The van der Waals surface area contributed by atoms with Gasteiger partial charge in [-0.1, -0.05) is 19.3 Å². The van der Waals surface area contributed by atoms with Gasteiger partial charge in [0.25, 0.3) is 0 Å². The van der Waals surface area contributed by atoms with E-state index in [-0.39, 0.29) is 29.9 Å². The van der Waals surface area contributed by atoms with Gasteiger partial charge in [-0.2, -0.15) is 0 Å². The summed E-state index contributed by atoms with van der Waals surface area (Å²) in [7, 11) is 0. The molecule has 3 heterocycles. The average Bonchev–Trinajstić information content (AvgIpc) is 3.10. The van der Waals surface area contributed by atoms with E-state index in [0.717, 1.165) is 12.8 Å². The van der Waals surface area contributed by atoms with E-state index in [0.29, 0.717) is 31.3 Å². The fourth-order valence-corrected chi connectivity index (χ4v) is 5.36. The highest BCUT2D eigenvalue weighted by molar-refractivity contribution is 7.99. The Morgan fingerprint density at radius 3 is 2.54 bits per heavy atom. The molecule has 4 aliphatic rings. The van der Waals surface area contributed by atoms with Crippen LogP contribution in [0, 0.1) is 0 Å². The molecule has 0 bridgehead atoms. The number of rotatable bonds is 1. The first-order valence-corrected chi connectivity index (χ1v) is 10.0. The number of thioether (sulfide) groups is 1. The lowest BCUT2D eigenvalue weighted by atomic mass is 9.95. The van der Waals surface area contributed by atoms with Crippen LogP contribution >= 0.6 is 11.8 Å². The van der Waals surface area contributed by atoms with Gasteiger partial charge in [-0.25, -0.2) is 4.79 Å². The smallest absolute Gasteiger partial charge is 0.317 e. The lowest BCUT2D eigenvalue weighted by molar-refractivity contribution is -0.161. The maximum absolute atomic E-state index is 12.7. The summed E-state index contributed by atoms with van der Waals surface area (Å²) in [5.74, 6) is 1.34. The Bertz CT molecular complexity index is 551. The van der Waals surface area contributed by atoms with Crippen molar-refractivity contribution >= 4 is 29.6 Å². The molecule has 0 unspecified atom stereocenters. The summed E-state index contributed by atoms with van der Waals surface area (Å²) in [4.78, 5) is 42.9. The normalized spacial score (nSPS) is 31.1. The zero-order valence-electron chi connectivity index (χ0n) is 13.8. The molecular formula is C16H24N4O3S. The third kappa shape index (κ3) is 2.74. The van der Waals surface area contributed by atoms with Crippen LogP contribution in [-0.4, -0.2) is 81.9 Å². The van der Waals surface area contributed by atoms with Gasteiger partial charge >= 0.3 is 6.03 Å². The van der Waals surface area contributed by atoms with Gasteiger partial charge in [0, 0.05) is 24.9 Å². The summed E-state index contributed by atoms with van der Waals surface area (Å²) >= 11 is 1.63. The molecule has 3 aliphatic heterocycles. The maximum atomic E-state index is 12.7. The number of hydrogen-bond acceptors (Lipinski definition) is 4. The van der Waals surface area contributed by atoms with E-state index < -0.39 is 6.04 Å². The largest absolute Gasteiger partial charge is 0.335 e. The molecule has 4 rings (SSSR count). The minimum Gasteiger partial charge on any atom is -0.335 e. The number of urea groups is 1. The third-order valence-corrected chi connectivity index (χ3v) is 6.63. The van der Waals surface area contributed by atoms with Gasteiger partial charge in [0.1, 0.15) is 12.1 Å². The first kappa shape index (κ1) is 16.1. The molecule has 4 fully saturated rings. The van der Waals surface area contributed by atoms with Crippen molar-refractivity contribution < 1.29 is 14.4 Å². The van der Waals surface area contributed by atoms with Gasteiger partial charge in [-0.3, -0.25) is 9.59 Å². The summed E-state index contributed by atoms with van der Waals surface area (Å²) in [6, 6.07) is -0.619. The number of nitrogens with one attached hydrogen (secondary N) is 1. The van der Waals surface area contributed by atoms with Crippen LogP contribution in [-0.2, 0) is 9.59 Å². The molecule has 7 nitrogen and oxygen atoms in total. The Morgan fingerprint density at radius 1 is 1.00 bits per heavy atom. The molecule has 2 atom stereocenters. The third-order valence-electron chi connectivity index (χ3n) is 5.62. The van der Waals surface area contributed by atoms with Gasteiger partial charge in [0.2, 0.25) is 11.8 Å². The van der Waals surface area contributed by atoms with E-state index in [1.807, 2.05) is 0 Å². The minimum atomic E-state index is -0.502. The Kier molecular flexibility index (Phi) is 4.32. The van der Waals surface area contributed by atoms with E-state index in [9.17, 15) is 14.4 Å². The van der Waals surface area contributed by atoms with Crippen LogP contribution < -0.4 is 5.32 Å². The molecule has 1 aliphatic carbocycles. The molecule has 132 valence electrons. The Balaban J connectivity index is 1.41. The predicted molar refractivity (Wildman–Crippen MR) is 90.4 cm³/mol. The number of nitrogens with zero attached hydrogens (tertiary/aromatic N) is 3. The highest BCUT2D eigenvalue weighted by Crippen LogP contribution is 2.30. The van der Waals surface area contributed by atoms with Crippen LogP contribution in [0.1, 0.15) is 32.1 Å². The second-order valence-corrected chi connectivity index (χ2v) is 8.10. The van der Waals surface area contributed by atoms with Crippen molar-refractivity contribution in [2.45, 2.75) is 50.2 Å². The second kappa shape index (κ2) is 6.46. The van der Waals surface area contributed by atoms with Crippen LogP contribution in [0.3, 0.4) is 0 Å². The van der Waals surface area contributed by atoms with Gasteiger partial charge in [0.15, 0.2) is 0 Å². The summed E-state index contributed by atoms with van der Waals surface area (Å²) in [5.41, 5.74) is 0. The monoisotopic (exact) mass is 352 g/mol. The summed E-state index contributed by atoms with van der Waals surface area (Å²) in [6.07, 6.45) is 5.67. The minimum absolute atomic E-state index is 0.000216. The fraction of sp³-hybridized carbons (Fsp3) is 0.812. The van der Waals surface area contributed by atoms with Crippen molar-refractivity contribution in [3.8, 4) is 0 Å². The van der Waals surface area contributed by atoms with Gasteiger partial charge in [-0.15, -0.1) is 11.8 Å². The number of fused-ring (bicyclic) bond motifs is 2. The molecule has 1 N–H and O–H groups in total. The molecular weight excluding hydrogens is 328 g/mol. The molecule has 24 heavy (non-hydrogen) atoms. The highest BCUT2D eigenvalue weighted by atomic mass is 32.2. The van der Waals surface area contributed by atoms with Crippen molar-refractivity contribution in [3.05, 3.63) is 0 Å². The van der Waals surface area contributed by atoms with Crippen LogP contribution in [0.5, 0.6) is 0 Å². The summed E-state index contributed by atoms with van der Waals surface area (Å²) in [6.45, 7) is 1.29. The van der Waals surface area contributed by atoms with Gasteiger partial charge in [0.05, 0.1) is 12.4 Å². The van der Waals surface area contributed by atoms with Gasteiger partial charge < -0.3 is 20.0 Å². The predicted octanol–water partition coefficient (Wildman–Crippen LogP) is 0.457. The molecule has 4 amide bonds. The molecule has 0 aromatic rings. The topological polar surface area (TPSA) is 73.0 Å².